The lowest BCUT2D eigenvalue weighted by molar-refractivity contribution is 1.21. The van der Waals surface area contributed by atoms with Gasteiger partial charge in [-0.25, -0.2) is 0 Å². The van der Waals surface area contributed by atoms with Crippen molar-refractivity contribution in [3.8, 4) is 0 Å². The monoisotopic (exact) mass is 254 g/mol. The Morgan fingerprint density at radius 2 is 2.14 bits per heavy atom. The van der Waals surface area contributed by atoms with Crippen molar-refractivity contribution < 1.29 is 0 Å². The van der Waals surface area contributed by atoms with Crippen LogP contribution in [0.2, 0.25) is 0 Å². The van der Waals surface area contributed by atoms with E-state index in [4.69, 9.17) is 11.5 Å². The van der Waals surface area contributed by atoms with E-state index in [-0.39, 0.29) is 5.96 Å². The van der Waals surface area contributed by atoms with Crippen LogP contribution in [0.5, 0.6) is 0 Å². The van der Waals surface area contributed by atoms with Crippen LogP contribution in [0.25, 0.3) is 0 Å². The molecule has 0 saturated carbocycles. The summed E-state index contributed by atoms with van der Waals surface area (Å²) in [4.78, 5) is 0. The van der Waals surface area contributed by atoms with Crippen molar-refractivity contribution in [1.82, 2.24) is 0 Å². The molecule has 0 heterocycles. The van der Waals surface area contributed by atoms with Gasteiger partial charge in [0, 0.05) is 10.0 Å². The Morgan fingerprint density at radius 1 is 1.43 bits per heavy atom. The van der Waals surface area contributed by atoms with E-state index >= 15 is 0 Å². The first kappa shape index (κ1) is 10.7. The Balaban J connectivity index is 2.97. The summed E-state index contributed by atoms with van der Waals surface area (Å²) in [6.07, 6.45) is 1.61. The summed E-state index contributed by atoms with van der Waals surface area (Å²) in [6, 6.07) is 5.88. The van der Waals surface area contributed by atoms with Crippen LogP contribution in [0.4, 0.5) is 0 Å². The van der Waals surface area contributed by atoms with E-state index in [1.54, 1.807) is 6.21 Å². The maximum absolute atomic E-state index is 5.13. The summed E-state index contributed by atoms with van der Waals surface area (Å²) < 4.78 is 0.965. The number of benzene rings is 1. The number of nitrogens with zero attached hydrogens (tertiary/aromatic N) is 2. The average Bonchev–Trinajstić information content (AvgIpc) is 2.09. The van der Waals surface area contributed by atoms with Crippen LogP contribution in [0.15, 0.2) is 32.9 Å². The normalized spacial score (nSPS) is 10.4. The number of hydrogen-bond acceptors (Lipinski definition) is 2. The van der Waals surface area contributed by atoms with E-state index in [2.05, 4.69) is 26.1 Å². The van der Waals surface area contributed by atoms with Gasteiger partial charge in [-0.3, -0.25) is 0 Å². The van der Waals surface area contributed by atoms with Crippen LogP contribution in [0.1, 0.15) is 11.1 Å². The predicted octanol–water partition coefficient (Wildman–Crippen LogP) is 1.36. The molecular weight excluding hydrogens is 244 g/mol. The van der Waals surface area contributed by atoms with E-state index in [1.807, 2.05) is 25.1 Å². The van der Waals surface area contributed by atoms with Crippen LogP contribution in [-0.4, -0.2) is 12.2 Å². The molecule has 0 unspecified atom stereocenters. The van der Waals surface area contributed by atoms with Crippen LogP contribution in [0.3, 0.4) is 0 Å². The number of hydrogen-bond donors (Lipinski definition) is 2. The smallest absolute Gasteiger partial charge is 0.211 e. The fourth-order valence-corrected chi connectivity index (χ4v) is 1.53. The highest BCUT2D eigenvalue weighted by atomic mass is 79.9. The van der Waals surface area contributed by atoms with E-state index in [0.29, 0.717) is 0 Å². The minimum absolute atomic E-state index is 0.0500. The molecule has 0 aliphatic rings. The summed E-state index contributed by atoms with van der Waals surface area (Å²) in [5.41, 5.74) is 12.3. The Bertz CT molecular complexity index is 360. The van der Waals surface area contributed by atoms with Crippen molar-refractivity contribution in [2.75, 3.05) is 0 Å². The van der Waals surface area contributed by atoms with Gasteiger partial charge in [0.2, 0.25) is 5.96 Å². The molecule has 0 saturated heterocycles. The summed E-state index contributed by atoms with van der Waals surface area (Å²) in [5.74, 6) is -0.0500. The molecular formula is C9H11BrN4. The van der Waals surface area contributed by atoms with Crippen molar-refractivity contribution in [2.45, 2.75) is 6.92 Å². The topological polar surface area (TPSA) is 76.8 Å². The van der Waals surface area contributed by atoms with Crippen LogP contribution in [-0.2, 0) is 0 Å². The Kier molecular flexibility index (Phi) is 3.64. The van der Waals surface area contributed by atoms with Crippen molar-refractivity contribution in [3.05, 3.63) is 33.8 Å². The minimum atomic E-state index is -0.0500. The molecule has 0 amide bonds. The maximum Gasteiger partial charge on any atom is 0.211 e. The van der Waals surface area contributed by atoms with Gasteiger partial charge in [0.1, 0.15) is 0 Å². The van der Waals surface area contributed by atoms with Crippen molar-refractivity contribution in [1.29, 1.82) is 0 Å². The zero-order valence-corrected chi connectivity index (χ0v) is 9.32. The molecule has 0 bridgehead atoms. The van der Waals surface area contributed by atoms with Gasteiger partial charge in [-0.2, -0.15) is 5.10 Å². The van der Waals surface area contributed by atoms with Crippen LogP contribution >= 0.6 is 15.9 Å². The molecule has 0 atom stereocenters. The second kappa shape index (κ2) is 4.76. The van der Waals surface area contributed by atoms with Gasteiger partial charge < -0.3 is 11.5 Å². The predicted molar refractivity (Wildman–Crippen MR) is 62.3 cm³/mol. The maximum atomic E-state index is 5.13. The van der Waals surface area contributed by atoms with Crippen LogP contribution in [0, 0.1) is 6.92 Å². The van der Waals surface area contributed by atoms with Crippen molar-refractivity contribution in [2.24, 2.45) is 21.7 Å². The largest absolute Gasteiger partial charge is 0.369 e. The molecule has 0 aromatic heterocycles. The lowest BCUT2D eigenvalue weighted by atomic mass is 10.1. The zero-order valence-electron chi connectivity index (χ0n) is 7.74. The van der Waals surface area contributed by atoms with Gasteiger partial charge in [-0.05, 0) is 18.6 Å². The molecule has 0 aliphatic heterocycles. The molecule has 0 radical (unpaired) electrons. The fourth-order valence-electron chi connectivity index (χ4n) is 0.962. The molecule has 74 valence electrons. The summed E-state index contributed by atoms with van der Waals surface area (Å²) >= 11 is 3.41. The third kappa shape index (κ3) is 2.85. The molecule has 4 nitrogen and oxygen atoms in total. The molecule has 0 fully saturated rings. The summed E-state index contributed by atoms with van der Waals surface area (Å²) in [5, 5.41) is 7.27. The number of aryl methyl sites for hydroxylation is 1. The first-order valence-electron chi connectivity index (χ1n) is 3.98. The summed E-state index contributed by atoms with van der Waals surface area (Å²) in [7, 11) is 0. The SMILES string of the molecule is Cc1cccc(Br)c1C=NN=C(N)N. The second-order valence-electron chi connectivity index (χ2n) is 2.74. The van der Waals surface area contributed by atoms with Gasteiger partial charge in [0.05, 0.1) is 6.21 Å². The quantitative estimate of drug-likeness (QED) is 0.475. The van der Waals surface area contributed by atoms with Crippen molar-refractivity contribution in [3.63, 3.8) is 0 Å². The molecule has 4 N–H and O–H groups in total. The number of nitrogens with two attached hydrogens (primary N) is 2. The van der Waals surface area contributed by atoms with Gasteiger partial charge in [-0.1, -0.05) is 28.1 Å². The zero-order chi connectivity index (χ0) is 10.6. The van der Waals surface area contributed by atoms with Gasteiger partial charge in [-0.15, -0.1) is 5.10 Å². The standard InChI is InChI=1S/C9H11BrN4/c1-6-3-2-4-8(10)7(6)5-13-14-9(11)12/h2-5H,1H3,(H4,11,12,14). The highest BCUT2D eigenvalue weighted by Gasteiger charge is 1.98. The number of rotatable bonds is 2. The highest BCUT2D eigenvalue weighted by Crippen LogP contribution is 2.17. The van der Waals surface area contributed by atoms with E-state index in [9.17, 15) is 0 Å². The third-order valence-corrected chi connectivity index (χ3v) is 2.32. The molecule has 0 aliphatic carbocycles. The van der Waals surface area contributed by atoms with E-state index in [0.717, 1.165) is 15.6 Å². The fraction of sp³-hybridized carbons (Fsp3) is 0.111. The Morgan fingerprint density at radius 3 is 2.71 bits per heavy atom. The molecule has 14 heavy (non-hydrogen) atoms. The Labute approximate surface area is 90.8 Å². The van der Waals surface area contributed by atoms with Crippen molar-refractivity contribution >= 4 is 28.1 Å². The Hall–Kier alpha value is -1.36. The van der Waals surface area contributed by atoms with Gasteiger partial charge in [0.15, 0.2) is 0 Å². The second-order valence-corrected chi connectivity index (χ2v) is 3.59. The number of guanidine groups is 1. The van der Waals surface area contributed by atoms with E-state index < -0.39 is 0 Å². The third-order valence-electron chi connectivity index (χ3n) is 1.63. The lowest BCUT2D eigenvalue weighted by Gasteiger charge is -2.00. The molecule has 5 heteroatoms. The van der Waals surface area contributed by atoms with Gasteiger partial charge in [0.25, 0.3) is 0 Å². The lowest BCUT2D eigenvalue weighted by Crippen LogP contribution is -2.21. The average molecular weight is 255 g/mol. The summed E-state index contributed by atoms with van der Waals surface area (Å²) in [6.45, 7) is 1.99. The van der Waals surface area contributed by atoms with E-state index in [1.165, 1.54) is 0 Å². The number of halogens is 1. The van der Waals surface area contributed by atoms with Crippen LogP contribution < -0.4 is 11.5 Å². The minimum Gasteiger partial charge on any atom is -0.369 e. The molecule has 1 rings (SSSR count). The molecule has 1 aromatic carbocycles. The molecule has 0 spiro atoms. The first-order valence-corrected chi connectivity index (χ1v) is 4.77. The van der Waals surface area contributed by atoms with Gasteiger partial charge >= 0.3 is 0 Å². The molecule has 1 aromatic rings. The highest BCUT2D eigenvalue weighted by molar-refractivity contribution is 9.10. The first-order chi connectivity index (χ1) is 6.61.